The first-order valence-corrected chi connectivity index (χ1v) is 11.5. The number of nitrogens with zero attached hydrogens (tertiary/aromatic N) is 1. The number of rotatable bonds is 6. The molecule has 0 spiro atoms. The number of amides is 2. The van der Waals surface area contributed by atoms with Crippen molar-refractivity contribution in [1.82, 2.24) is 4.90 Å². The Kier molecular flexibility index (Phi) is 7.05. The molecule has 1 aliphatic rings. The molecule has 34 heavy (non-hydrogen) atoms. The predicted molar refractivity (Wildman–Crippen MR) is 132 cm³/mol. The maximum absolute atomic E-state index is 13.0. The van der Waals surface area contributed by atoms with Crippen molar-refractivity contribution in [2.75, 3.05) is 7.11 Å². The molecule has 0 N–H and O–H groups in total. The summed E-state index contributed by atoms with van der Waals surface area (Å²) in [5, 5.41) is 0.133. The number of carbonyl (C=O) groups is 3. The zero-order valence-electron chi connectivity index (χ0n) is 18.4. The smallest absolute Gasteiger partial charge is 0.343 e. The van der Waals surface area contributed by atoms with Crippen molar-refractivity contribution in [2.45, 2.75) is 13.5 Å². The van der Waals surface area contributed by atoms with Gasteiger partial charge in [-0.3, -0.25) is 14.5 Å². The van der Waals surface area contributed by atoms with Crippen molar-refractivity contribution < 1.29 is 23.9 Å². The van der Waals surface area contributed by atoms with E-state index in [4.69, 9.17) is 21.1 Å². The minimum absolute atomic E-state index is 0.107. The van der Waals surface area contributed by atoms with Crippen LogP contribution in [0.3, 0.4) is 0 Å². The van der Waals surface area contributed by atoms with Crippen molar-refractivity contribution in [1.29, 1.82) is 0 Å². The summed E-state index contributed by atoms with van der Waals surface area (Å²) < 4.78 is 11.0. The first-order chi connectivity index (χ1) is 16.4. The highest BCUT2D eigenvalue weighted by Crippen LogP contribution is 2.38. The van der Waals surface area contributed by atoms with Crippen LogP contribution in [0.5, 0.6) is 11.5 Å². The number of imide groups is 1. The van der Waals surface area contributed by atoms with Gasteiger partial charge in [0.1, 0.15) is 0 Å². The molecule has 1 aliphatic heterocycles. The molecular formula is C26H20ClNO5S. The lowest BCUT2D eigenvalue weighted by atomic mass is 10.1. The quantitative estimate of drug-likeness (QED) is 0.234. The van der Waals surface area contributed by atoms with E-state index >= 15 is 0 Å². The fraction of sp³-hybridized carbons (Fsp3) is 0.115. The third kappa shape index (κ3) is 5.16. The summed E-state index contributed by atoms with van der Waals surface area (Å²) in [6.07, 6.45) is 1.53. The van der Waals surface area contributed by atoms with Crippen LogP contribution in [0.1, 0.15) is 27.0 Å². The van der Waals surface area contributed by atoms with E-state index in [1.807, 2.05) is 19.1 Å². The van der Waals surface area contributed by atoms with E-state index < -0.39 is 17.1 Å². The van der Waals surface area contributed by atoms with E-state index in [0.29, 0.717) is 21.9 Å². The number of aryl methyl sites for hydroxylation is 1. The van der Waals surface area contributed by atoms with Crippen molar-refractivity contribution >= 4 is 46.6 Å². The highest BCUT2D eigenvalue weighted by atomic mass is 35.5. The lowest BCUT2D eigenvalue weighted by Crippen LogP contribution is -2.27. The highest BCUT2D eigenvalue weighted by Gasteiger charge is 2.35. The van der Waals surface area contributed by atoms with Gasteiger partial charge in [-0.2, -0.15) is 0 Å². The summed E-state index contributed by atoms with van der Waals surface area (Å²) in [6, 6.07) is 19.0. The van der Waals surface area contributed by atoms with Crippen LogP contribution in [0.2, 0.25) is 5.02 Å². The van der Waals surface area contributed by atoms with Crippen LogP contribution < -0.4 is 9.47 Å². The minimum atomic E-state index is -0.562. The molecule has 1 fully saturated rings. The summed E-state index contributed by atoms with van der Waals surface area (Å²) in [7, 11) is 1.46. The molecule has 0 bridgehead atoms. The number of esters is 1. The summed E-state index contributed by atoms with van der Waals surface area (Å²) >= 11 is 6.84. The average molecular weight is 494 g/mol. The fourth-order valence-corrected chi connectivity index (χ4v) is 4.40. The van der Waals surface area contributed by atoms with Crippen LogP contribution in [0, 0.1) is 6.92 Å². The maximum Gasteiger partial charge on any atom is 0.343 e. The van der Waals surface area contributed by atoms with Gasteiger partial charge in [0.05, 0.1) is 24.1 Å². The number of thioether (sulfide) groups is 1. The highest BCUT2D eigenvalue weighted by molar-refractivity contribution is 8.18. The number of benzene rings is 3. The van der Waals surface area contributed by atoms with Gasteiger partial charge in [0, 0.05) is 10.6 Å². The van der Waals surface area contributed by atoms with Gasteiger partial charge < -0.3 is 9.47 Å². The maximum atomic E-state index is 13.0. The summed E-state index contributed by atoms with van der Waals surface area (Å²) in [6.45, 7) is 2.03. The monoisotopic (exact) mass is 493 g/mol. The molecule has 3 aromatic carbocycles. The van der Waals surface area contributed by atoms with E-state index in [1.54, 1.807) is 54.6 Å². The standard InChI is InChI=1S/C26H20ClNO5S/c1-16-9-11-18(12-10-16)25(30)33-23-19(6-4-8-21(23)32-2)14-22-24(29)28(26(31)34-22)15-17-5-3-7-20(27)13-17/h3-14H,15H2,1-2H3/b22-14-. The van der Waals surface area contributed by atoms with Crippen molar-refractivity contribution in [2.24, 2.45) is 0 Å². The molecule has 0 saturated carbocycles. The van der Waals surface area contributed by atoms with Gasteiger partial charge in [0.2, 0.25) is 0 Å². The Morgan fingerprint density at radius 2 is 1.79 bits per heavy atom. The van der Waals surface area contributed by atoms with E-state index in [2.05, 4.69) is 0 Å². The van der Waals surface area contributed by atoms with Crippen LogP contribution in [-0.2, 0) is 11.3 Å². The van der Waals surface area contributed by atoms with Gasteiger partial charge >= 0.3 is 5.97 Å². The normalized spacial score (nSPS) is 14.6. The molecule has 0 unspecified atom stereocenters. The molecule has 4 rings (SSSR count). The lowest BCUT2D eigenvalue weighted by Gasteiger charge is -2.13. The zero-order valence-corrected chi connectivity index (χ0v) is 20.0. The van der Waals surface area contributed by atoms with Crippen molar-refractivity contribution in [3.05, 3.63) is 98.9 Å². The Bertz CT molecular complexity index is 1300. The van der Waals surface area contributed by atoms with Crippen LogP contribution in [0.4, 0.5) is 4.79 Å². The third-order valence-electron chi connectivity index (χ3n) is 5.10. The first-order valence-electron chi connectivity index (χ1n) is 10.3. The molecule has 1 saturated heterocycles. The molecule has 8 heteroatoms. The summed E-state index contributed by atoms with van der Waals surface area (Å²) in [4.78, 5) is 39.7. The van der Waals surface area contributed by atoms with Gasteiger partial charge in [-0.1, -0.05) is 53.6 Å². The molecule has 0 radical (unpaired) electrons. The number of methoxy groups -OCH3 is 1. The molecular weight excluding hydrogens is 474 g/mol. The van der Waals surface area contributed by atoms with Crippen LogP contribution in [0.15, 0.2) is 71.6 Å². The molecule has 0 aliphatic carbocycles. The Hall–Kier alpha value is -3.55. The van der Waals surface area contributed by atoms with Gasteiger partial charge in [-0.05, 0) is 60.7 Å². The Labute approximate surface area is 206 Å². The van der Waals surface area contributed by atoms with E-state index in [9.17, 15) is 14.4 Å². The van der Waals surface area contributed by atoms with Crippen molar-refractivity contribution in [3.63, 3.8) is 0 Å². The molecule has 0 atom stereocenters. The van der Waals surface area contributed by atoms with Gasteiger partial charge in [0.15, 0.2) is 11.5 Å². The number of carbonyl (C=O) groups excluding carboxylic acids is 3. The SMILES string of the molecule is COc1cccc(/C=C2\SC(=O)N(Cc3cccc(Cl)c3)C2=O)c1OC(=O)c1ccc(C)cc1. The topological polar surface area (TPSA) is 72.9 Å². The molecule has 3 aromatic rings. The van der Waals surface area contributed by atoms with Crippen molar-refractivity contribution in [3.8, 4) is 11.5 Å². The third-order valence-corrected chi connectivity index (χ3v) is 6.24. The lowest BCUT2D eigenvalue weighted by molar-refractivity contribution is -0.123. The fourth-order valence-electron chi connectivity index (χ4n) is 3.35. The molecule has 172 valence electrons. The largest absolute Gasteiger partial charge is 0.493 e. The van der Waals surface area contributed by atoms with E-state index in [-0.39, 0.29) is 17.2 Å². The number of para-hydroxylation sites is 1. The number of hydrogen-bond acceptors (Lipinski definition) is 6. The number of halogens is 1. The average Bonchev–Trinajstić information content (AvgIpc) is 3.08. The van der Waals surface area contributed by atoms with E-state index in [1.165, 1.54) is 13.2 Å². The van der Waals surface area contributed by atoms with Gasteiger partial charge in [-0.15, -0.1) is 0 Å². The van der Waals surface area contributed by atoms with Gasteiger partial charge in [0.25, 0.3) is 11.1 Å². The van der Waals surface area contributed by atoms with Crippen LogP contribution in [-0.4, -0.2) is 29.1 Å². The Balaban J connectivity index is 1.62. The van der Waals surface area contributed by atoms with Gasteiger partial charge in [-0.25, -0.2) is 4.79 Å². The predicted octanol–water partition coefficient (Wildman–Crippen LogP) is 6.11. The molecule has 6 nitrogen and oxygen atoms in total. The second-order valence-electron chi connectivity index (χ2n) is 7.53. The van der Waals surface area contributed by atoms with Crippen LogP contribution >= 0.6 is 23.4 Å². The minimum Gasteiger partial charge on any atom is -0.493 e. The second kappa shape index (κ2) is 10.2. The zero-order chi connectivity index (χ0) is 24.2. The second-order valence-corrected chi connectivity index (χ2v) is 8.96. The van der Waals surface area contributed by atoms with E-state index in [0.717, 1.165) is 27.8 Å². The van der Waals surface area contributed by atoms with Crippen LogP contribution in [0.25, 0.3) is 6.08 Å². The first kappa shape index (κ1) is 23.6. The molecule has 0 aromatic heterocycles. The Morgan fingerprint density at radius 3 is 2.50 bits per heavy atom. The summed E-state index contributed by atoms with van der Waals surface area (Å²) in [5.74, 6) is -0.508. The Morgan fingerprint density at radius 1 is 1.06 bits per heavy atom. The molecule has 1 heterocycles. The number of hydrogen-bond donors (Lipinski definition) is 0. The molecule has 2 amide bonds. The summed E-state index contributed by atoms with van der Waals surface area (Å²) in [5.41, 5.74) is 2.57. The number of ether oxygens (including phenoxy) is 2.